The van der Waals surface area contributed by atoms with Crippen LogP contribution in [0.1, 0.15) is 26.8 Å². The van der Waals surface area contributed by atoms with Crippen LogP contribution in [0, 0.1) is 0 Å². The predicted molar refractivity (Wildman–Crippen MR) is 77.4 cm³/mol. The summed E-state index contributed by atoms with van der Waals surface area (Å²) < 4.78 is 25.5. The summed E-state index contributed by atoms with van der Waals surface area (Å²) in [6.45, 7) is -2.12. The fraction of sp³-hybridized carbons (Fsp3) is 0.188. The Morgan fingerprint density at radius 3 is 2.79 bits per heavy atom. The molecule has 0 fully saturated rings. The Morgan fingerprint density at radius 1 is 1.16 bits per heavy atom. The van der Waals surface area contributed by atoms with E-state index in [1.54, 1.807) is 6.07 Å². The molecule has 0 aromatic heterocycles. The number of anilines is 1. The highest BCUT2D eigenvalue weighted by molar-refractivity contribution is 5.98. The molecule has 2 aliphatic heterocycles. The summed E-state index contributed by atoms with van der Waals surface area (Å²) in [5.74, 6) is 0.0455. The van der Waals surface area contributed by atoms with Gasteiger partial charge in [-0.3, -0.25) is 4.99 Å². The molecule has 0 radical (unpaired) electrons. The van der Waals surface area contributed by atoms with E-state index in [0.717, 1.165) is 16.8 Å². The normalized spacial score (nSPS) is 28.9. The van der Waals surface area contributed by atoms with Gasteiger partial charge in [0.2, 0.25) is 0 Å². The average Bonchev–Trinajstić information content (AvgIpc) is 2.60. The second kappa shape index (κ2) is 3.85. The number of para-hydroxylation sites is 1. The van der Waals surface area contributed by atoms with Crippen molar-refractivity contribution in [1.82, 2.24) is 0 Å². The van der Waals surface area contributed by atoms with Gasteiger partial charge in [0.15, 0.2) is 5.96 Å². The minimum Gasteiger partial charge on any atom is -0.369 e. The van der Waals surface area contributed by atoms with E-state index in [-0.39, 0.29) is 5.96 Å². The Morgan fingerprint density at radius 2 is 1.89 bits per heavy atom. The summed E-state index contributed by atoms with van der Waals surface area (Å²) in [6, 6.07) is 13.5. The van der Waals surface area contributed by atoms with E-state index >= 15 is 0 Å². The lowest BCUT2D eigenvalue weighted by atomic mass is 9.99. The Bertz CT molecular complexity index is 803. The van der Waals surface area contributed by atoms with Gasteiger partial charge < -0.3 is 10.6 Å². The molecule has 1 unspecified atom stereocenters. The molecule has 0 saturated carbocycles. The number of hydrogen-bond acceptors (Lipinski definition) is 3. The second-order valence-corrected chi connectivity index (χ2v) is 4.73. The van der Waals surface area contributed by atoms with E-state index in [4.69, 9.17) is 9.85 Å². The van der Waals surface area contributed by atoms with Crippen LogP contribution in [-0.2, 0) is 6.42 Å². The highest BCUT2D eigenvalue weighted by Crippen LogP contribution is 2.39. The third-order valence-electron chi connectivity index (χ3n) is 3.61. The first-order chi connectivity index (χ1) is 10.4. The molecular weight excluding hydrogens is 235 g/mol. The van der Waals surface area contributed by atoms with Gasteiger partial charge >= 0.3 is 0 Å². The van der Waals surface area contributed by atoms with Gasteiger partial charge in [-0.2, -0.15) is 0 Å². The zero-order valence-corrected chi connectivity index (χ0v) is 10.3. The van der Waals surface area contributed by atoms with Gasteiger partial charge in [0.25, 0.3) is 0 Å². The van der Waals surface area contributed by atoms with E-state index in [2.05, 4.69) is 4.99 Å². The second-order valence-electron chi connectivity index (χ2n) is 4.73. The van der Waals surface area contributed by atoms with Crippen LogP contribution >= 0.6 is 0 Å². The Balaban J connectivity index is 2.10. The molecule has 0 spiro atoms. The molecule has 4 rings (SSSR count). The summed E-state index contributed by atoms with van der Waals surface area (Å²) in [4.78, 5) is 5.46. The third-order valence-corrected chi connectivity index (χ3v) is 3.61. The Kier molecular flexibility index (Phi) is 1.62. The summed E-state index contributed by atoms with van der Waals surface area (Å²) in [7, 11) is 0. The van der Waals surface area contributed by atoms with Crippen LogP contribution in [0.3, 0.4) is 0 Å². The maximum Gasteiger partial charge on any atom is 0.196 e. The van der Waals surface area contributed by atoms with Gasteiger partial charge in [-0.15, -0.1) is 0 Å². The number of rotatable bonds is 0. The van der Waals surface area contributed by atoms with Gasteiger partial charge in [-0.05, 0) is 29.2 Å². The number of hydrogen-bond donors (Lipinski definition) is 1. The van der Waals surface area contributed by atoms with Crippen molar-refractivity contribution >= 4 is 11.6 Å². The average molecular weight is 253 g/mol. The predicted octanol–water partition coefficient (Wildman–Crippen LogP) is 2.47. The van der Waals surface area contributed by atoms with Crippen LogP contribution < -0.4 is 10.6 Å². The first kappa shape index (κ1) is 8.00. The van der Waals surface area contributed by atoms with Crippen molar-refractivity contribution in [3.63, 3.8) is 0 Å². The van der Waals surface area contributed by atoms with Gasteiger partial charge in [-0.1, -0.05) is 42.5 Å². The highest BCUT2D eigenvalue weighted by atomic mass is 15.4. The Labute approximate surface area is 116 Å². The zero-order valence-electron chi connectivity index (χ0n) is 13.3. The number of guanidine groups is 1. The minimum atomic E-state index is -2.12. The largest absolute Gasteiger partial charge is 0.369 e. The highest BCUT2D eigenvalue weighted by Gasteiger charge is 2.33. The quantitative estimate of drug-likeness (QED) is 0.733. The number of fused-ring (bicyclic) bond motifs is 5. The lowest BCUT2D eigenvalue weighted by molar-refractivity contribution is 0.768. The lowest BCUT2D eigenvalue weighted by Gasteiger charge is -2.26. The van der Waals surface area contributed by atoms with Gasteiger partial charge in [0.05, 0.1) is 16.6 Å². The fourth-order valence-corrected chi connectivity index (χ4v) is 2.74. The molecule has 2 N–H and O–H groups in total. The molecule has 0 saturated heterocycles. The molecule has 0 bridgehead atoms. The molecule has 2 heterocycles. The summed E-state index contributed by atoms with van der Waals surface area (Å²) >= 11 is 0. The number of nitrogens with two attached hydrogens (primary N) is 1. The van der Waals surface area contributed by atoms with Crippen LogP contribution in [0.25, 0.3) is 0 Å². The van der Waals surface area contributed by atoms with Crippen molar-refractivity contribution in [2.24, 2.45) is 10.7 Å². The topological polar surface area (TPSA) is 41.6 Å². The standard InChI is InChI=1S/C16H15N3/c17-16-18-10-15-13-7-3-1-5-11(13)9-12-6-2-4-8-14(12)19(15)16/h1-8,15H,9-10H2,(H2,17,18)/i10+1D2,15D. The number of benzene rings is 2. The summed E-state index contributed by atoms with van der Waals surface area (Å²) in [5.41, 5.74) is 9.31. The van der Waals surface area contributed by atoms with Crippen molar-refractivity contribution < 1.29 is 4.11 Å². The van der Waals surface area contributed by atoms with Crippen molar-refractivity contribution in [3.8, 4) is 0 Å². The maximum atomic E-state index is 8.98. The molecule has 0 amide bonds. The van der Waals surface area contributed by atoms with E-state index in [1.807, 2.05) is 42.5 Å². The molecule has 3 nitrogen and oxygen atoms in total. The van der Waals surface area contributed by atoms with Crippen LogP contribution in [0.4, 0.5) is 5.69 Å². The first-order valence-electron chi connectivity index (χ1n) is 7.77. The molecule has 2 aromatic carbocycles. The number of nitrogens with zero attached hydrogens (tertiary/aromatic N) is 2. The van der Waals surface area contributed by atoms with E-state index < -0.39 is 12.5 Å². The fourth-order valence-electron chi connectivity index (χ4n) is 2.74. The van der Waals surface area contributed by atoms with Crippen LogP contribution in [0.2, 0.25) is 0 Å². The first-order valence-corrected chi connectivity index (χ1v) is 6.27. The van der Waals surface area contributed by atoms with E-state index in [0.29, 0.717) is 12.0 Å². The van der Waals surface area contributed by atoms with E-state index in [1.165, 1.54) is 4.90 Å². The monoisotopic (exact) mass is 253 g/mol. The molecule has 3 heteroatoms. The zero-order chi connectivity index (χ0) is 15.5. The SMILES string of the molecule is [2H]C12c3ccccc3Cc3ccccc3N1C(N)=N[13C]2([2H])[2H]. The molecule has 1 atom stereocenters. The maximum absolute atomic E-state index is 8.98. The van der Waals surface area contributed by atoms with Crippen LogP contribution in [0.15, 0.2) is 53.5 Å². The van der Waals surface area contributed by atoms with Crippen molar-refractivity contribution in [1.29, 1.82) is 0 Å². The lowest BCUT2D eigenvalue weighted by Crippen LogP contribution is -2.36. The van der Waals surface area contributed by atoms with Gasteiger partial charge in [0.1, 0.15) is 0 Å². The molecular formula is C16H15N3. The molecule has 2 aromatic rings. The third kappa shape index (κ3) is 1.48. The van der Waals surface area contributed by atoms with Gasteiger partial charge in [-0.25, -0.2) is 0 Å². The Hall–Kier alpha value is -2.29. The van der Waals surface area contributed by atoms with Crippen molar-refractivity contribution in [3.05, 3.63) is 65.2 Å². The van der Waals surface area contributed by atoms with Crippen molar-refractivity contribution in [2.75, 3.05) is 11.4 Å². The molecule has 94 valence electrons. The molecule has 0 aliphatic carbocycles. The van der Waals surface area contributed by atoms with Crippen LogP contribution in [0.5, 0.6) is 0 Å². The molecule has 19 heavy (non-hydrogen) atoms. The molecule has 2 aliphatic rings. The van der Waals surface area contributed by atoms with Crippen LogP contribution in [-0.4, -0.2) is 12.5 Å². The van der Waals surface area contributed by atoms with Gasteiger partial charge in [0, 0.05) is 5.69 Å². The van der Waals surface area contributed by atoms with Crippen molar-refractivity contribution in [2.45, 2.75) is 12.4 Å². The summed E-state index contributed by atoms with van der Waals surface area (Å²) in [6.07, 6.45) is 0.646. The number of aliphatic imine (C=N–C) groups is 1. The smallest absolute Gasteiger partial charge is 0.196 e. The van der Waals surface area contributed by atoms with E-state index in [9.17, 15) is 0 Å². The summed E-state index contributed by atoms with van der Waals surface area (Å²) in [5, 5.41) is 0. The minimum absolute atomic E-state index is 0.0455.